The number of rotatable bonds is 0. The molecule has 1 N–H and O–H groups in total. The van der Waals surface area contributed by atoms with E-state index in [1.165, 1.54) is 11.0 Å². The molecule has 0 aromatic heterocycles. The van der Waals surface area contributed by atoms with Gasteiger partial charge in [0, 0.05) is 10.8 Å². The van der Waals surface area contributed by atoms with Gasteiger partial charge >= 0.3 is 0 Å². The van der Waals surface area contributed by atoms with Crippen molar-refractivity contribution in [2.75, 3.05) is 0 Å². The second kappa shape index (κ2) is 5.25. The maximum Gasteiger partial charge on any atom is 0.297 e. The molecule has 0 atom stereocenters. The van der Waals surface area contributed by atoms with Crippen molar-refractivity contribution >= 4 is 44.3 Å². The van der Waals surface area contributed by atoms with Gasteiger partial charge in [-0.1, -0.05) is 0 Å². The summed E-state index contributed by atoms with van der Waals surface area (Å²) in [5.41, 5.74) is 1.74. The topological polar surface area (TPSA) is 31.0 Å². The molecule has 1 aliphatic carbocycles. The summed E-state index contributed by atoms with van der Waals surface area (Å²) in [4.78, 5) is 12.2. The fraction of sp³-hybridized carbons (Fsp3) is 0.111. The number of hydrogen-bond donors (Lipinski definition) is 1. The zero-order valence-electron chi connectivity index (χ0n) is 7.71. The van der Waals surface area contributed by atoms with E-state index in [-0.39, 0.29) is 18.2 Å². The summed E-state index contributed by atoms with van der Waals surface area (Å²) in [6.07, 6.45) is 5.24. The number of carbonyl (C=O) groups is 1. The van der Waals surface area contributed by atoms with Crippen LogP contribution in [0, 0.1) is 0 Å². The normalized spacial score (nSPS) is 24.8. The zero-order valence-corrected chi connectivity index (χ0v) is 10.9. The third kappa shape index (κ3) is 2.69. The Balaban J connectivity index is 0.00000112. The first-order chi connectivity index (χ1) is 6.68. The highest BCUT2D eigenvalue weighted by molar-refractivity contribution is 8.76. The molecule has 0 unspecified atom stereocenters. The van der Waals surface area contributed by atoms with Crippen LogP contribution in [0.25, 0.3) is 0 Å². The standard InChI is InChI=1S/C9H6ClNOS2.ClH/c1-5-4-6(2-3-7(5)12)8-9(10)11-14-13-8;/h2-4H,1H3;1H/b8-6+;. The molecule has 0 saturated carbocycles. The van der Waals surface area contributed by atoms with Crippen LogP contribution in [0.3, 0.4) is 0 Å². The lowest BCUT2D eigenvalue weighted by Gasteiger charge is -2.04. The van der Waals surface area contributed by atoms with Gasteiger partial charge in [0.2, 0.25) is 11.0 Å². The van der Waals surface area contributed by atoms with Crippen LogP contribution in [-0.4, -0.2) is 11.0 Å². The molecule has 0 radical (unpaired) electrons. The molecule has 0 spiro atoms. The second-order valence-corrected chi connectivity index (χ2v) is 5.22. The molecule has 0 aromatic carbocycles. The predicted octanol–water partition coefficient (Wildman–Crippen LogP) is -1.64. The van der Waals surface area contributed by atoms with Crippen LogP contribution in [0.15, 0.2) is 34.3 Å². The molecule has 0 bridgehead atoms. The number of carbonyl (C=O) groups excluding carboxylic acids is 1. The van der Waals surface area contributed by atoms with Gasteiger partial charge in [-0.25, -0.2) is 0 Å². The lowest BCUT2D eigenvalue weighted by Crippen LogP contribution is -3.00. The van der Waals surface area contributed by atoms with Crippen LogP contribution in [-0.2, 0) is 4.79 Å². The van der Waals surface area contributed by atoms with Gasteiger partial charge in [0.05, 0.1) is 0 Å². The highest BCUT2D eigenvalue weighted by atomic mass is 35.5. The van der Waals surface area contributed by atoms with Gasteiger partial charge in [-0.2, -0.15) is 4.40 Å². The smallest absolute Gasteiger partial charge is 0.297 e. The van der Waals surface area contributed by atoms with Crippen LogP contribution in [0.4, 0.5) is 0 Å². The maximum absolute atomic E-state index is 11.2. The molecule has 0 fully saturated rings. The molecule has 80 valence electrons. The fourth-order valence-corrected chi connectivity index (χ4v) is 3.64. The average molecular weight is 280 g/mol. The molecular formula is C9H7Cl2NOS2. The first-order valence-electron chi connectivity index (χ1n) is 3.96. The number of hydrogen-bond acceptors (Lipinski definition) is 3. The molecule has 2 aliphatic rings. The van der Waals surface area contributed by atoms with Crippen molar-refractivity contribution < 1.29 is 21.6 Å². The summed E-state index contributed by atoms with van der Waals surface area (Å²) in [6.45, 7) is 1.81. The van der Waals surface area contributed by atoms with Crippen molar-refractivity contribution in [1.82, 2.24) is 0 Å². The second-order valence-electron chi connectivity index (χ2n) is 2.89. The Morgan fingerprint density at radius 1 is 1.40 bits per heavy atom. The van der Waals surface area contributed by atoms with Crippen molar-refractivity contribution in [2.24, 2.45) is 0 Å². The van der Waals surface area contributed by atoms with Gasteiger partial charge in [0.1, 0.15) is 4.91 Å². The fourth-order valence-electron chi connectivity index (χ4n) is 1.15. The van der Waals surface area contributed by atoms with E-state index in [1.807, 2.05) is 6.08 Å². The van der Waals surface area contributed by atoms with Crippen molar-refractivity contribution in [3.63, 3.8) is 0 Å². The van der Waals surface area contributed by atoms with Crippen molar-refractivity contribution in [3.05, 3.63) is 34.3 Å². The summed E-state index contributed by atoms with van der Waals surface area (Å²) < 4.78 is 2.95. The molecule has 15 heavy (non-hydrogen) atoms. The third-order valence-electron chi connectivity index (χ3n) is 1.89. The molecule has 2 nitrogen and oxygen atoms in total. The minimum Gasteiger partial charge on any atom is -1.00 e. The van der Waals surface area contributed by atoms with E-state index >= 15 is 0 Å². The first kappa shape index (κ1) is 12.9. The molecule has 2 rings (SSSR count). The van der Waals surface area contributed by atoms with Crippen molar-refractivity contribution in [3.8, 4) is 0 Å². The van der Waals surface area contributed by atoms with Crippen molar-refractivity contribution in [2.45, 2.75) is 6.92 Å². The SMILES string of the molecule is CC1=C/C(=C2/SS[NH+]=C2Cl)C=CC1=O.[Cl-]. The average Bonchev–Trinajstić information content (AvgIpc) is 2.57. The Morgan fingerprint density at radius 2 is 2.13 bits per heavy atom. The molecule has 0 amide bonds. The van der Waals surface area contributed by atoms with E-state index in [0.717, 1.165) is 16.1 Å². The van der Waals surface area contributed by atoms with Gasteiger partial charge < -0.3 is 12.4 Å². The van der Waals surface area contributed by atoms with E-state index in [9.17, 15) is 4.79 Å². The molecule has 1 aliphatic heterocycles. The molecule has 0 saturated heterocycles. The van der Waals surface area contributed by atoms with Gasteiger partial charge in [-0.3, -0.25) is 4.79 Å². The Morgan fingerprint density at radius 3 is 2.67 bits per heavy atom. The summed E-state index contributed by atoms with van der Waals surface area (Å²) in [5, 5.41) is 0.637. The van der Waals surface area contributed by atoms with Crippen LogP contribution in [0.1, 0.15) is 6.92 Å². The molecule has 1 heterocycles. The number of nitrogens with one attached hydrogen (secondary N) is 1. The number of halogens is 2. The van der Waals surface area contributed by atoms with Gasteiger partial charge in [0.25, 0.3) is 5.17 Å². The number of allylic oxidation sites excluding steroid dienone is 6. The summed E-state index contributed by atoms with van der Waals surface area (Å²) in [6, 6.07) is 0. The minimum atomic E-state index is 0. The Bertz CT molecular complexity index is 424. The summed E-state index contributed by atoms with van der Waals surface area (Å²) in [7, 11) is 3.05. The van der Waals surface area contributed by atoms with Crippen LogP contribution < -0.4 is 16.8 Å². The van der Waals surface area contributed by atoms with Crippen LogP contribution >= 0.6 is 33.4 Å². The maximum atomic E-state index is 11.2. The van der Waals surface area contributed by atoms with Crippen LogP contribution in [0.2, 0.25) is 0 Å². The van der Waals surface area contributed by atoms with E-state index in [4.69, 9.17) is 11.6 Å². The lowest BCUT2D eigenvalue weighted by atomic mass is 10.0. The van der Waals surface area contributed by atoms with Crippen molar-refractivity contribution in [1.29, 1.82) is 0 Å². The van der Waals surface area contributed by atoms with E-state index in [2.05, 4.69) is 4.40 Å². The monoisotopic (exact) mass is 279 g/mol. The highest BCUT2D eigenvalue weighted by Gasteiger charge is 2.25. The Kier molecular flexibility index (Phi) is 4.52. The van der Waals surface area contributed by atoms with Gasteiger partial charge in [-0.05, 0) is 47.9 Å². The van der Waals surface area contributed by atoms with E-state index in [1.54, 1.807) is 29.9 Å². The quantitative estimate of drug-likeness (QED) is 0.426. The Hall–Kier alpha value is -0.160. The van der Waals surface area contributed by atoms with E-state index < -0.39 is 0 Å². The lowest BCUT2D eigenvalue weighted by molar-refractivity contribution is -0.233. The molecule has 0 aromatic rings. The largest absolute Gasteiger partial charge is 1.00 e. The van der Waals surface area contributed by atoms with Gasteiger partial charge in [-0.15, -0.1) is 0 Å². The highest BCUT2D eigenvalue weighted by Crippen LogP contribution is 2.34. The Labute approximate surface area is 107 Å². The van der Waals surface area contributed by atoms with Gasteiger partial charge in [0.15, 0.2) is 5.78 Å². The van der Waals surface area contributed by atoms with Crippen LogP contribution in [0.5, 0.6) is 0 Å². The zero-order chi connectivity index (χ0) is 10.1. The summed E-state index contributed by atoms with van der Waals surface area (Å²) in [5.74, 6) is 0.0640. The van der Waals surface area contributed by atoms with E-state index in [0.29, 0.717) is 5.17 Å². The predicted molar refractivity (Wildman–Crippen MR) is 61.9 cm³/mol. The molecular weight excluding hydrogens is 273 g/mol. The third-order valence-corrected chi connectivity index (χ3v) is 4.38. The summed E-state index contributed by atoms with van der Waals surface area (Å²) >= 11 is 5.95. The first-order valence-corrected chi connectivity index (χ1v) is 6.48. The number of ketones is 1. The minimum absolute atomic E-state index is 0. The molecule has 6 heteroatoms.